The molecule has 0 amide bonds. The van der Waals surface area contributed by atoms with Crippen LogP contribution in [0.15, 0.2) is 91.5 Å². The molecular weight excluding hydrogens is 406 g/mol. The maximum Gasteiger partial charge on any atom is 0.174 e. The number of anilines is 1. The van der Waals surface area contributed by atoms with Gasteiger partial charge in [0.2, 0.25) is 0 Å². The molecule has 1 fully saturated rings. The number of nitrogens with one attached hydrogen (secondary N) is 1. The fraction of sp³-hybridized carbons (Fsp3) is 0.125. The number of hydrogen-bond acceptors (Lipinski definition) is 4. The average molecular weight is 428 g/mol. The summed E-state index contributed by atoms with van der Waals surface area (Å²) in [6.07, 6.45) is 7.48. The molecule has 154 valence electrons. The Hall–Kier alpha value is -3.71. The molecule has 0 aliphatic carbocycles. The summed E-state index contributed by atoms with van der Waals surface area (Å²) in [5.74, 6) is 0.805. The second-order valence-electron chi connectivity index (χ2n) is 7.20. The Morgan fingerprint density at radius 2 is 1.71 bits per heavy atom. The van der Waals surface area contributed by atoms with Crippen molar-refractivity contribution in [1.29, 1.82) is 0 Å². The van der Waals surface area contributed by atoms with E-state index in [1.807, 2.05) is 60.8 Å². The molecule has 1 aliphatic rings. The van der Waals surface area contributed by atoms with Crippen molar-refractivity contribution in [1.82, 2.24) is 19.9 Å². The summed E-state index contributed by atoms with van der Waals surface area (Å²) in [6.45, 7) is 0. The van der Waals surface area contributed by atoms with Gasteiger partial charge in [-0.15, -0.1) is 0 Å². The van der Waals surface area contributed by atoms with Gasteiger partial charge in [0.15, 0.2) is 5.11 Å². The molecule has 1 aliphatic heterocycles. The molecule has 7 heteroatoms. The predicted molar refractivity (Wildman–Crippen MR) is 124 cm³/mol. The maximum absolute atomic E-state index is 5.81. The molecule has 0 bridgehead atoms. The first-order chi connectivity index (χ1) is 15.3. The molecule has 0 radical (unpaired) electrons. The van der Waals surface area contributed by atoms with Crippen LogP contribution in [0.2, 0.25) is 0 Å². The van der Waals surface area contributed by atoms with Gasteiger partial charge in [0.1, 0.15) is 11.8 Å². The summed E-state index contributed by atoms with van der Waals surface area (Å²) in [5, 5.41) is 4.16. The largest absolute Gasteiger partial charge is 0.497 e. The molecule has 0 unspecified atom stereocenters. The third-order valence-corrected chi connectivity index (χ3v) is 5.79. The highest BCUT2D eigenvalue weighted by Crippen LogP contribution is 2.42. The lowest BCUT2D eigenvalue weighted by Crippen LogP contribution is -2.30. The van der Waals surface area contributed by atoms with Crippen molar-refractivity contribution < 1.29 is 4.74 Å². The molecule has 1 aromatic carbocycles. The Balaban J connectivity index is 1.65. The SMILES string of the molecule is COc1ccc(N2C(=S)N[C@H](c3ccccn3)[C@H]2c2cccn2-c2ccncc2)cc1. The highest BCUT2D eigenvalue weighted by molar-refractivity contribution is 7.80. The minimum Gasteiger partial charge on any atom is -0.497 e. The van der Waals surface area contributed by atoms with Gasteiger partial charge < -0.3 is 19.5 Å². The van der Waals surface area contributed by atoms with Gasteiger partial charge in [0.05, 0.1) is 18.8 Å². The normalized spacial score (nSPS) is 18.1. The van der Waals surface area contributed by atoms with Crippen molar-refractivity contribution in [3.05, 3.63) is 103 Å². The van der Waals surface area contributed by atoms with E-state index in [0.717, 1.165) is 28.5 Å². The van der Waals surface area contributed by atoms with Gasteiger partial charge in [-0.2, -0.15) is 0 Å². The van der Waals surface area contributed by atoms with E-state index in [1.54, 1.807) is 19.5 Å². The molecular formula is C24H21N5OS. The van der Waals surface area contributed by atoms with E-state index in [1.165, 1.54) is 0 Å². The Labute approximate surface area is 186 Å². The zero-order chi connectivity index (χ0) is 21.2. The van der Waals surface area contributed by atoms with Gasteiger partial charge in [0.25, 0.3) is 0 Å². The number of nitrogens with zero attached hydrogens (tertiary/aromatic N) is 4. The van der Waals surface area contributed by atoms with Crippen molar-refractivity contribution in [2.24, 2.45) is 0 Å². The Morgan fingerprint density at radius 1 is 0.903 bits per heavy atom. The highest BCUT2D eigenvalue weighted by atomic mass is 32.1. The van der Waals surface area contributed by atoms with Crippen LogP contribution in [0.5, 0.6) is 5.75 Å². The number of aromatic nitrogens is 3. The van der Waals surface area contributed by atoms with E-state index in [4.69, 9.17) is 17.0 Å². The number of rotatable bonds is 5. The molecule has 31 heavy (non-hydrogen) atoms. The minimum absolute atomic E-state index is 0.0982. The van der Waals surface area contributed by atoms with Crippen molar-refractivity contribution in [2.75, 3.05) is 12.0 Å². The summed E-state index contributed by atoms with van der Waals surface area (Å²) in [6, 6.07) is 21.9. The molecule has 1 saturated heterocycles. The van der Waals surface area contributed by atoms with Crippen LogP contribution in [0.3, 0.4) is 0 Å². The Morgan fingerprint density at radius 3 is 2.42 bits per heavy atom. The lowest BCUT2D eigenvalue weighted by atomic mass is 10.0. The third kappa shape index (κ3) is 3.53. The van der Waals surface area contributed by atoms with Crippen LogP contribution in [0, 0.1) is 0 Å². The van der Waals surface area contributed by atoms with Crippen LogP contribution in [-0.4, -0.2) is 26.8 Å². The molecule has 2 atom stereocenters. The molecule has 0 spiro atoms. The fourth-order valence-electron chi connectivity index (χ4n) is 4.05. The third-order valence-electron chi connectivity index (χ3n) is 5.47. The number of pyridine rings is 2. The van der Waals surface area contributed by atoms with Crippen LogP contribution in [0.1, 0.15) is 23.5 Å². The summed E-state index contributed by atoms with van der Waals surface area (Å²) in [4.78, 5) is 10.9. The van der Waals surface area contributed by atoms with Crippen LogP contribution in [-0.2, 0) is 0 Å². The predicted octanol–water partition coefficient (Wildman–Crippen LogP) is 4.45. The number of thiocarbonyl (C=S) groups is 1. The van der Waals surface area contributed by atoms with Gasteiger partial charge >= 0.3 is 0 Å². The van der Waals surface area contributed by atoms with Gasteiger partial charge in [-0.25, -0.2) is 0 Å². The van der Waals surface area contributed by atoms with Crippen molar-refractivity contribution in [3.63, 3.8) is 0 Å². The smallest absolute Gasteiger partial charge is 0.174 e. The van der Waals surface area contributed by atoms with E-state index >= 15 is 0 Å². The second-order valence-corrected chi connectivity index (χ2v) is 7.59. The molecule has 5 rings (SSSR count). The summed E-state index contributed by atoms with van der Waals surface area (Å²) in [5.41, 5.74) is 4.07. The average Bonchev–Trinajstić information content (AvgIpc) is 3.44. The monoisotopic (exact) mass is 427 g/mol. The van der Waals surface area contributed by atoms with E-state index in [-0.39, 0.29) is 12.1 Å². The lowest BCUT2D eigenvalue weighted by molar-refractivity contribution is 0.415. The van der Waals surface area contributed by atoms with Crippen LogP contribution in [0.25, 0.3) is 5.69 Å². The molecule has 4 heterocycles. The number of ether oxygens (including phenoxy) is 1. The first-order valence-corrected chi connectivity index (χ1v) is 10.4. The Kier molecular flexibility index (Phi) is 5.09. The molecule has 4 aromatic rings. The lowest BCUT2D eigenvalue weighted by Gasteiger charge is -2.29. The zero-order valence-electron chi connectivity index (χ0n) is 16.9. The summed E-state index contributed by atoms with van der Waals surface area (Å²) < 4.78 is 7.51. The molecule has 0 saturated carbocycles. The molecule has 1 N–H and O–H groups in total. The van der Waals surface area contributed by atoms with E-state index in [2.05, 4.69) is 43.1 Å². The van der Waals surface area contributed by atoms with Crippen molar-refractivity contribution >= 4 is 23.0 Å². The quantitative estimate of drug-likeness (QED) is 0.475. The van der Waals surface area contributed by atoms with Crippen molar-refractivity contribution in [3.8, 4) is 11.4 Å². The van der Waals surface area contributed by atoms with E-state index in [0.29, 0.717) is 5.11 Å². The van der Waals surface area contributed by atoms with Gasteiger partial charge in [0, 0.05) is 41.9 Å². The summed E-state index contributed by atoms with van der Waals surface area (Å²) >= 11 is 5.81. The topological polar surface area (TPSA) is 55.2 Å². The number of methoxy groups -OCH3 is 1. The van der Waals surface area contributed by atoms with Gasteiger partial charge in [-0.05, 0) is 72.9 Å². The van der Waals surface area contributed by atoms with Crippen LogP contribution >= 0.6 is 12.2 Å². The fourth-order valence-corrected chi connectivity index (χ4v) is 4.40. The standard InChI is InChI=1S/C24H21N5OS/c1-30-19-9-7-18(8-10-19)29-23(22(27-24(29)31)20-5-2-3-13-26-20)21-6-4-16-28(21)17-11-14-25-15-12-17/h2-16,22-23H,1H3,(H,27,31)/t22-,23-/m1/s1. The molecule has 6 nitrogen and oxygen atoms in total. The summed E-state index contributed by atoms with van der Waals surface area (Å²) in [7, 11) is 1.67. The van der Waals surface area contributed by atoms with Crippen LogP contribution in [0.4, 0.5) is 5.69 Å². The second kappa shape index (κ2) is 8.20. The van der Waals surface area contributed by atoms with Crippen molar-refractivity contribution in [2.45, 2.75) is 12.1 Å². The minimum atomic E-state index is -0.105. The number of hydrogen-bond donors (Lipinski definition) is 1. The van der Waals surface area contributed by atoms with E-state index < -0.39 is 0 Å². The number of benzene rings is 1. The van der Waals surface area contributed by atoms with E-state index in [9.17, 15) is 0 Å². The van der Waals surface area contributed by atoms with Gasteiger partial charge in [-0.1, -0.05) is 6.07 Å². The highest BCUT2D eigenvalue weighted by Gasteiger charge is 2.42. The van der Waals surface area contributed by atoms with Crippen LogP contribution < -0.4 is 15.0 Å². The first-order valence-electron chi connectivity index (χ1n) is 9.98. The molecule has 3 aromatic heterocycles. The Bertz CT molecular complexity index is 1180. The van der Waals surface area contributed by atoms with Gasteiger partial charge in [-0.3, -0.25) is 9.97 Å². The zero-order valence-corrected chi connectivity index (χ0v) is 17.7. The maximum atomic E-state index is 5.81. The first kappa shape index (κ1) is 19.3.